The molecule has 1 aromatic rings. The van der Waals surface area contributed by atoms with Gasteiger partial charge < -0.3 is 19.3 Å². The highest BCUT2D eigenvalue weighted by molar-refractivity contribution is 5.81. The van der Waals surface area contributed by atoms with Gasteiger partial charge in [-0.15, -0.1) is 0 Å². The SMILES string of the molecule is CN(c1ccccc1)C1CCN(C(=O)[C@@H]2COC(C)(C)O2)CC1. The molecule has 2 heterocycles. The van der Waals surface area contributed by atoms with Crippen molar-refractivity contribution in [2.45, 2.75) is 44.6 Å². The molecule has 2 aliphatic rings. The highest BCUT2D eigenvalue weighted by atomic mass is 16.7. The van der Waals surface area contributed by atoms with E-state index < -0.39 is 11.9 Å². The number of para-hydroxylation sites is 1. The van der Waals surface area contributed by atoms with Gasteiger partial charge in [0.05, 0.1) is 6.61 Å². The van der Waals surface area contributed by atoms with Crippen LogP contribution in [-0.4, -0.2) is 55.5 Å². The van der Waals surface area contributed by atoms with E-state index in [9.17, 15) is 4.79 Å². The summed E-state index contributed by atoms with van der Waals surface area (Å²) in [5.74, 6) is -0.581. The number of carbonyl (C=O) groups is 1. The van der Waals surface area contributed by atoms with E-state index >= 15 is 0 Å². The molecule has 0 spiro atoms. The number of hydrogen-bond donors (Lipinski definition) is 0. The van der Waals surface area contributed by atoms with Crippen LogP contribution in [0.1, 0.15) is 26.7 Å². The van der Waals surface area contributed by atoms with Gasteiger partial charge >= 0.3 is 0 Å². The third-order valence-corrected chi connectivity index (χ3v) is 4.77. The van der Waals surface area contributed by atoms with Crippen molar-refractivity contribution in [3.63, 3.8) is 0 Å². The largest absolute Gasteiger partial charge is 0.371 e. The average Bonchev–Trinajstić information content (AvgIpc) is 2.94. The van der Waals surface area contributed by atoms with E-state index in [4.69, 9.17) is 9.47 Å². The number of benzene rings is 1. The van der Waals surface area contributed by atoms with Crippen molar-refractivity contribution in [3.05, 3.63) is 30.3 Å². The van der Waals surface area contributed by atoms with Crippen molar-refractivity contribution in [2.24, 2.45) is 0 Å². The number of ether oxygens (including phenoxy) is 2. The quantitative estimate of drug-likeness (QED) is 0.857. The van der Waals surface area contributed by atoms with Gasteiger partial charge in [-0.2, -0.15) is 0 Å². The van der Waals surface area contributed by atoms with E-state index in [1.54, 1.807) is 0 Å². The fourth-order valence-electron chi connectivity index (χ4n) is 3.36. The number of piperidine rings is 1. The van der Waals surface area contributed by atoms with Crippen LogP contribution < -0.4 is 4.90 Å². The van der Waals surface area contributed by atoms with E-state index in [0.717, 1.165) is 25.9 Å². The average molecular weight is 318 g/mol. The molecule has 23 heavy (non-hydrogen) atoms. The lowest BCUT2D eigenvalue weighted by atomic mass is 10.0. The Morgan fingerprint density at radius 3 is 2.43 bits per heavy atom. The lowest BCUT2D eigenvalue weighted by molar-refractivity contribution is -0.160. The molecule has 2 aliphatic heterocycles. The number of hydrogen-bond acceptors (Lipinski definition) is 4. The number of carbonyl (C=O) groups excluding carboxylic acids is 1. The summed E-state index contributed by atoms with van der Waals surface area (Å²) >= 11 is 0. The Labute approximate surface area is 138 Å². The van der Waals surface area contributed by atoms with Crippen LogP contribution in [0.4, 0.5) is 5.69 Å². The van der Waals surface area contributed by atoms with Gasteiger partial charge in [-0.25, -0.2) is 0 Å². The summed E-state index contributed by atoms with van der Waals surface area (Å²) < 4.78 is 11.2. The number of nitrogens with zero attached hydrogens (tertiary/aromatic N) is 2. The molecule has 5 heteroatoms. The Bertz CT molecular complexity index is 538. The fraction of sp³-hybridized carbons (Fsp3) is 0.611. The molecule has 0 aromatic heterocycles. The second-order valence-corrected chi connectivity index (χ2v) is 6.82. The van der Waals surface area contributed by atoms with Crippen LogP contribution in [-0.2, 0) is 14.3 Å². The highest BCUT2D eigenvalue weighted by Crippen LogP contribution is 2.26. The third-order valence-electron chi connectivity index (χ3n) is 4.77. The molecule has 0 N–H and O–H groups in total. The van der Waals surface area contributed by atoms with Crippen LogP contribution in [0, 0.1) is 0 Å². The number of amides is 1. The van der Waals surface area contributed by atoms with Gasteiger partial charge in [-0.05, 0) is 38.8 Å². The highest BCUT2D eigenvalue weighted by Gasteiger charge is 2.39. The molecular formula is C18H26N2O3. The van der Waals surface area contributed by atoms with Crippen molar-refractivity contribution in [3.8, 4) is 0 Å². The maximum atomic E-state index is 12.5. The minimum atomic E-state index is -0.647. The van der Waals surface area contributed by atoms with Crippen LogP contribution in [0.3, 0.4) is 0 Å². The van der Waals surface area contributed by atoms with Crippen molar-refractivity contribution in [1.82, 2.24) is 4.90 Å². The molecule has 2 saturated heterocycles. The van der Waals surface area contributed by atoms with E-state index in [2.05, 4.69) is 36.2 Å². The van der Waals surface area contributed by atoms with Crippen LogP contribution in [0.15, 0.2) is 30.3 Å². The molecule has 0 radical (unpaired) electrons. The predicted octanol–water partition coefficient (Wildman–Crippen LogP) is 2.27. The van der Waals surface area contributed by atoms with E-state index in [1.807, 2.05) is 24.8 Å². The zero-order chi connectivity index (χ0) is 16.4. The monoisotopic (exact) mass is 318 g/mol. The predicted molar refractivity (Wildman–Crippen MR) is 89.4 cm³/mol. The number of rotatable bonds is 3. The standard InChI is InChI=1S/C18H26N2O3/c1-18(2)22-13-16(23-18)17(21)20-11-9-15(10-12-20)19(3)14-7-5-4-6-8-14/h4-8,15-16H,9-13H2,1-3H3/t16-/m0/s1. The zero-order valence-electron chi connectivity index (χ0n) is 14.2. The fourth-order valence-corrected chi connectivity index (χ4v) is 3.36. The minimum absolute atomic E-state index is 0.0661. The van der Waals surface area contributed by atoms with Gasteiger partial charge in [0.2, 0.25) is 0 Å². The van der Waals surface area contributed by atoms with E-state index in [1.165, 1.54) is 5.69 Å². The smallest absolute Gasteiger partial charge is 0.254 e. The normalized spacial score (nSPS) is 24.7. The minimum Gasteiger partial charge on any atom is -0.371 e. The molecule has 126 valence electrons. The summed E-state index contributed by atoms with van der Waals surface area (Å²) in [6.07, 6.45) is 1.51. The first-order valence-corrected chi connectivity index (χ1v) is 8.35. The van der Waals surface area contributed by atoms with Gasteiger partial charge in [0, 0.05) is 31.9 Å². The molecule has 3 rings (SSSR count). The van der Waals surface area contributed by atoms with E-state index in [0.29, 0.717) is 12.6 Å². The lowest BCUT2D eigenvalue weighted by Crippen LogP contribution is -2.49. The van der Waals surface area contributed by atoms with Crippen molar-refractivity contribution in [2.75, 3.05) is 31.6 Å². The van der Waals surface area contributed by atoms with Crippen LogP contribution in [0.2, 0.25) is 0 Å². The van der Waals surface area contributed by atoms with Gasteiger partial charge in [-0.1, -0.05) is 18.2 Å². The first-order chi connectivity index (χ1) is 11.0. The van der Waals surface area contributed by atoms with Crippen molar-refractivity contribution < 1.29 is 14.3 Å². The molecule has 1 aromatic carbocycles. The molecule has 0 unspecified atom stereocenters. The Kier molecular flexibility index (Phi) is 4.60. The molecule has 0 bridgehead atoms. The zero-order valence-corrected chi connectivity index (χ0v) is 14.2. The van der Waals surface area contributed by atoms with Crippen LogP contribution in [0.5, 0.6) is 0 Å². The molecule has 5 nitrogen and oxygen atoms in total. The molecule has 1 amide bonds. The third kappa shape index (κ3) is 3.67. The first-order valence-electron chi connectivity index (χ1n) is 8.35. The summed E-state index contributed by atoms with van der Waals surface area (Å²) in [6, 6.07) is 10.9. The van der Waals surface area contributed by atoms with Gasteiger partial charge in [0.25, 0.3) is 5.91 Å². The maximum Gasteiger partial charge on any atom is 0.254 e. The Balaban J connectivity index is 1.53. The van der Waals surface area contributed by atoms with Gasteiger partial charge in [-0.3, -0.25) is 4.79 Å². The topological polar surface area (TPSA) is 42.0 Å². The second kappa shape index (κ2) is 6.49. The summed E-state index contributed by atoms with van der Waals surface area (Å²) in [7, 11) is 2.13. The Morgan fingerprint density at radius 1 is 1.22 bits per heavy atom. The van der Waals surface area contributed by atoms with Crippen LogP contribution in [0.25, 0.3) is 0 Å². The summed E-state index contributed by atoms with van der Waals surface area (Å²) in [4.78, 5) is 16.8. The summed E-state index contributed by atoms with van der Waals surface area (Å²) in [6.45, 7) is 5.61. The molecule has 1 atom stereocenters. The van der Waals surface area contributed by atoms with Gasteiger partial charge in [0.15, 0.2) is 11.9 Å². The van der Waals surface area contributed by atoms with Crippen LogP contribution >= 0.6 is 0 Å². The Morgan fingerprint density at radius 2 is 1.87 bits per heavy atom. The van der Waals surface area contributed by atoms with Crippen molar-refractivity contribution in [1.29, 1.82) is 0 Å². The lowest BCUT2D eigenvalue weighted by Gasteiger charge is -2.38. The molecule has 0 aliphatic carbocycles. The molecule has 2 fully saturated rings. The summed E-state index contributed by atoms with van der Waals surface area (Å²) in [5, 5.41) is 0. The molecular weight excluding hydrogens is 292 g/mol. The van der Waals surface area contributed by atoms with Crippen molar-refractivity contribution >= 4 is 11.6 Å². The van der Waals surface area contributed by atoms with Gasteiger partial charge in [0.1, 0.15) is 0 Å². The first kappa shape index (κ1) is 16.3. The Hall–Kier alpha value is -1.59. The number of anilines is 1. The number of likely N-dealkylation sites (tertiary alicyclic amines) is 1. The second-order valence-electron chi connectivity index (χ2n) is 6.82. The van der Waals surface area contributed by atoms with E-state index in [-0.39, 0.29) is 5.91 Å². The molecule has 0 saturated carbocycles. The maximum absolute atomic E-state index is 12.5. The summed E-state index contributed by atoms with van der Waals surface area (Å²) in [5.41, 5.74) is 1.23.